The van der Waals surface area contributed by atoms with Crippen LogP contribution in [0.2, 0.25) is 0 Å². The van der Waals surface area contributed by atoms with Crippen LogP contribution in [0.25, 0.3) is 0 Å². The monoisotopic (exact) mass is 428 g/mol. The molecule has 11 nitrogen and oxygen atoms in total. The maximum atomic E-state index is 12.1. The van der Waals surface area contributed by atoms with Gasteiger partial charge in [-0.05, 0) is 51.8 Å². The van der Waals surface area contributed by atoms with E-state index in [9.17, 15) is 14.4 Å². The fraction of sp³-hybridized carbons (Fsp3) is 0.526. The Labute approximate surface area is 174 Å². The second-order valence-electron chi connectivity index (χ2n) is 7.12. The molecule has 0 aliphatic heterocycles. The number of hydrogen-bond donors (Lipinski definition) is 3. The van der Waals surface area contributed by atoms with Crippen molar-refractivity contribution in [1.29, 1.82) is 0 Å². The molecule has 168 valence electrons. The third kappa shape index (κ3) is 11.3. The summed E-state index contributed by atoms with van der Waals surface area (Å²) in [5.41, 5.74) is -0.343. The van der Waals surface area contributed by atoms with Gasteiger partial charge in [0.2, 0.25) is 0 Å². The second-order valence-corrected chi connectivity index (χ2v) is 7.12. The lowest BCUT2D eigenvalue weighted by atomic mass is 10.2. The molecule has 30 heavy (non-hydrogen) atoms. The lowest BCUT2D eigenvalue weighted by Gasteiger charge is -2.19. The zero-order valence-corrected chi connectivity index (χ0v) is 17.3. The third-order valence-corrected chi connectivity index (χ3v) is 3.33. The van der Waals surface area contributed by atoms with Gasteiger partial charge in [-0.3, -0.25) is 24.8 Å². The van der Waals surface area contributed by atoms with Crippen LogP contribution in [0, 0.1) is 0 Å². The van der Waals surface area contributed by atoms with Gasteiger partial charge in [-0.2, -0.15) is 0 Å². The van der Waals surface area contributed by atoms with Gasteiger partial charge in [0.25, 0.3) is 0 Å². The molecule has 1 amide bonds. The maximum Gasteiger partial charge on any atom is 0.407 e. The summed E-state index contributed by atoms with van der Waals surface area (Å²) < 4.78 is 15.9. The minimum Gasteiger partial charge on any atom is -0.490 e. The molecule has 1 rings (SSSR count). The van der Waals surface area contributed by atoms with Crippen LogP contribution in [0.15, 0.2) is 18.2 Å². The Balaban J connectivity index is 2.52. The number of carbonyl (C=O) groups is 3. The van der Waals surface area contributed by atoms with Crippen LogP contribution in [0.4, 0.5) is 4.79 Å². The van der Waals surface area contributed by atoms with Crippen molar-refractivity contribution >= 4 is 18.3 Å². The predicted molar refractivity (Wildman–Crippen MR) is 102 cm³/mol. The number of amides is 1. The first-order chi connectivity index (χ1) is 14.1. The average Bonchev–Trinajstić information content (AvgIpc) is 2.63. The molecule has 11 heteroatoms. The van der Waals surface area contributed by atoms with Gasteiger partial charge in [0.15, 0.2) is 11.5 Å². The van der Waals surface area contributed by atoms with E-state index in [0.29, 0.717) is 24.7 Å². The number of nitrogens with one attached hydrogen (secondary N) is 1. The molecule has 0 atom stereocenters. The number of rotatable bonds is 12. The molecule has 1 aromatic carbocycles. The number of alkyl carbamates (subject to hydrolysis) is 1. The molecule has 0 aromatic heterocycles. The van der Waals surface area contributed by atoms with Crippen LogP contribution in [-0.2, 0) is 14.4 Å². The molecule has 0 aliphatic carbocycles. The first-order valence-electron chi connectivity index (χ1n) is 9.31. The van der Waals surface area contributed by atoms with Crippen LogP contribution in [0.1, 0.15) is 50.4 Å². The molecule has 0 saturated carbocycles. The molecule has 0 spiro atoms. The van der Waals surface area contributed by atoms with Crippen LogP contribution >= 0.6 is 0 Å². The Hall–Kier alpha value is -2.73. The average molecular weight is 428 g/mol. The van der Waals surface area contributed by atoms with Crippen molar-refractivity contribution < 1.29 is 43.8 Å². The molecule has 0 fully saturated rings. The van der Waals surface area contributed by atoms with Crippen LogP contribution < -0.4 is 14.8 Å². The standard InChI is InChI=1S/C19H28N2O9/c1-19(2,3)30-18(24)20-9-8-17(23)29-16-12-14(13-22)6-7-15(16)27-10-4-5-11-28-21(25)26/h6-7,12-13,25-26H,4-5,8-11H2,1-3H3,(H,20,24). The Kier molecular flexibility index (Phi) is 10.8. The Morgan fingerprint density at radius 2 is 1.83 bits per heavy atom. The highest BCUT2D eigenvalue weighted by molar-refractivity contribution is 5.79. The first-order valence-corrected chi connectivity index (χ1v) is 9.31. The largest absolute Gasteiger partial charge is 0.490 e. The van der Waals surface area contributed by atoms with Gasteiger partial charge in [0.05, 0.1) is 25.0 Å². The number of carbonyl (C=O) groups excluding carboxylic acids is 3. The summed E-state index contributed by atoms with van der Waals surface area (Å²) in [6, 6.07) is 4.40. The fourth-order valence-electron chi connectivity index (χ4n) is 2.08. The quantitative estimate of drug-likeness (QED) is 0.149. The zero-order chi connectivity index (χ0) is 22.6. The highest BCUT2D eigenvalue weighted by atomic mass is 17.1. The smallest absolute Gasteiger partial charge is 0.407 e. The number of aldehydes is 1. The molecule has 0 heterocycles. The van der Waals surface area contributed by atoms with E-state index in [4.69, 9.17) is 24.6 Å². The van der Waals surface area contributed by atoms with E-state index >= 15 is 0 Å². The minimum atomic E-state index is -0.645. The number of hydrogen-bond acceptors (Lipinski definition) is 10. The number of unbranched alkanes of at least 4 members (excludes halogenated alkanes) is 1. The van der Waals surface area contributed by atoms with Gasteiger partial charge < -0.3 is 19.5 Å². The predicted octanol–water partition coefficient (Wildman–Crippen LogP) is 2.49. The number of benzene rings is 1. The van der Waals surface area contributed by atoms with Gasteiger partial charge in [-0.15, -0.1) is 0 Å². The molecule has 0 bridgehead atoms. The molecule has 0 unspecified atom stereocenters. The number of esters is 1. The topological polar surface area (TPSA) is 144 Å². The Morgan fingerprint density at radius 1 is 1.13 bits per heavy atom. The lowest BCUT2D eigenvalue weighted by molar-refractivity contribution is -0.492. The molecule has 3 N–H and O–H groups in total. The van der Waals surface area contributed by atoms with Crippen LogP contribution in [-0.4, -0.2) is 59.5 Å². The fourth-order valence-corrected chi connectivity index (χ4v) is 2.08. The van der Waals surface area contributed by atoms with Crippen molar-refractivity contribution in [3.63, 3.8) is 0 Å². The van der Waals surface area contributed by atoms with E-state index in [1.165, 1.54) is 18.2 Å². The SMILES string of the molecule is CC(C)(C)OC(=O)NCCC(=O)Oc1cc(C=O)ccc1OCCCCON(O)O. The number of ether oxygens (including phenoxy) is 3. The van der Waals surface area contributed by atoms with E-state index < -0.39 is 17.7 Å². The van der Waals surface area contributed by atoms with Gasteiger partial charge >= 0.3 is 12.1 Å². The summed E-state index contributed by atoms with van der Waals surface area (Å²) in [7, 11) is 0. The van der Waals surface area contributed by atoms with Crippen molar-refractivity contribution in [2.45, 2.75) is 45.6 Å². The van der Waals surface area contributed by atoms with Crippen molar-refractivity contribution in [2.24, 2.45) is 0 Å². The summed E-state index contributed by atoms with van der Waals surface area (Å²) in [4.78, 5) is 39.1. The molecular weight excluding hydrogens is 400 g/mol. The maximum absolute atomic E-state index is 12.1. The molecule has 0 aliphatic rings. The van der Waals surface area contributed by atoms with Crippen LogP contribution in [0.3, 0.4) is 0 Å². The normalized spacial score (nSPS) is 11.1. The molecule has 1 aromatic rings. The summed E-state index contributed by atoms with van der Waals surface area (Å²) in [5, 5.41) is 18.9. The van der Waals surface area contributed by atoms with E-state index in [0.717, 1.165) is 0 Å². The molecular formula is C19H28N2O9. The highest BCUT2D eigenvalue weighted by Gasteiger charge is 2.17. The van der Waals surface area contributed by atoms with E-state index in [1.54, 1.807) is 20.8 Å². The minimum absolute atomic E-state index is 0.0179. The van der Waals surface area contributed by atoms with E-state index in [2.05, 4.69) is 10.2 Å². The van der Waals surface area contributed by atoms with Gasteiger partial charge in [0, 0.05) is 12.1 Å². The summed E-state index contributed by atoms with van der Waals surface area (Å²) in [5.74, 6) is -0.283. The zero-order valence-electron chi connectivity index (χ0n) is 17.3. The van der Waals surface area contributed by atoms with Gasteiger partial charge in [0.1, 0.15) is 11.9 Å². The molecule has 0 radical (unpaired) electrons. The van der Waals surface area contributed by atoms with Crippen molar-refractivity contribution in [2.75, 3.05) is 19.8 Å². The second kappa shape index (κ2) is 12.8. The van der Waals surface area contributed by atoms with Crippen LogP contribution in [0.5, 0.6) is 11.5 Å². The summed E-state index contributed by atoms with van der Waals surface area (Å²) in [6.45, 7) is 5.51. The van der Waals surface area contributed by atoms with E-state index in [-0.39, 0.29) is 43.1 Å². The lowest BCUT2D eigenvalue weighted by Crippen LogP contribution is -2.34. The Bertz CT molecular complexity index is 702. The van der Waals surface area contributed by atoms with Gasteiger partial charge in [-0.25, -0.2) is 4.79 Å². The third-order valence-electron chi connectivity index (χ3n) is 3.33. The highest BCUT2D eigenvalue weighted by Crippen LogP contribution is 2.28. The van der Waals surface area contributed by atoms with Crippen molar-refractivity contribution in [3.05, 3.63) is 23.8 Å². The summed E-state index contributed by atoms with van der Waals surface area (Å²) in [6.07, 6.45) is 0.862. The number of nitrogens with zero attached hydrogens (tertiary/aromatic N) is 1. The van der Waals surface area contributed by atoms with Gasteiger partial charge in [-0.1, -0.05) is 0 Å². The van der Waals surface area contributed by atoms with Crippen molar-refractivity contribution in [3.8, 4) is 11.5 Å². The molecule has 0 saturated heterocycles. The first kappa shape index (κ1) is 25.3. The van der Waals surface area contributed by atoms with E-state index in [1.807, 2.05) is 0 Å². The van der Waals surface area contributed by atoms with Crippen molar-refractivity contribution in [1.82, 2.24) is 10.7 Å². The Morgan fingerprint density at radius 3 is 2.47 bits per heavy atom. The summed E-state index contributed by atoms with van der Waals surface area (Å²) >= 11 is 0.